The molecule has 1 atom stereocenters. The molecule has 152 valence electrons. The van der Waals surface area contributed by atoms with Gasteiger partial charge in [0.2, 0.25) is 0 Å². The summed E-state index contributed by atoms with van der Waals surface area (Å²) in [5.74, 6) is 1.59. The van der Waals surface area contributed by atoms with Gasteiger partial charge in [0.25, 0.3) is 0 Å². The average Bonchev–Trinajstić information content (AvgIpc) is 3.32. The van der Waals surface area contributed by atoms with Crippen molar-refractivity contribution in [3.05, 3.63) is 66.5 Å². The number of anilines is 3. The fourth-order valence-electron chi connectivity index (χ4n) is 4.60. The second kappa shape index (κ2) is 7.11. The third-order valence-corrected chi connectivity index (χ3v) is 6.08. The quantitative estimate of drug-likeness (QED) is 0.543. The van der Waals surface area contributed by atoms with E-state index >= 15 is 0 Å². The van der Waals surface area contributed by atoms with E-state index in [-0.39, 0.29) is 6.04 Å². The number of morpholine rings is 1. The van der Waals surface area contributed by atoms with Gasteiger partial charge in [0, 0.05) is 35.8 Å². The molecule has 31 heavy (non-hydrogen) atoms. The van der Waals surface area contributed by atoms with Gasteiger partial charge in [-0.2, -0.15) is 5.26 Å². The fourth-order valence-corrected chi connectivity index (χ4v) is 4.60. The van der Waals surface area contributed by atoms with Crippen LogP contribution in [-0.2, 0) is 4.74 Å². The van der Waals surface area contributed by atoms with Gasteiger partial charge in [0.15, 0.2) is 11.6 Å². The second-order valence-electron chi connectivity index (χ2n) is 7.81. The zero-order chi connectivity index (χ0) is 20.8. The van der Waals surface area contributed by atoms with Gasteiger partial charge in [-0.3, -0.25) is 0 Å². The molecule has 0 bridgehead atoms. The summed E-state index contributed by atoms with van der Waals surface area (Å²) in [6.45, 7) is 2.83. The minimum atomic E-state index is 0.166. The van der Waals surface area contributed by atoms with Gasteiger partial charge in [0.1, 0.15) is 11.8 Å². The Hall–Kier alpha value is -3.89. The molecular formula is C24H20N6O. The highest BCUT2D eigenvalue weighted by Gasteiger charge is 2.36. The number of aromatic amines is 1. The van der Waals surface area contributed by atoms with Crippen LogP contribution in [0.5, 0.6) is 0 Å². The maximum absolute atomic E-state index is 9.66. The van der Waals surface area contributed by atoms with Crippen LogP contribution in [0.25, 0.3) is 22.3 Å². The molecular weight excluding hydrogens is 388 g/mol. The van der Waals surface area contributed by atoms with Crippen molar-refractivity contribution >= 4 is 28.1 Å². The van der Waals surface area contributed by atoms with Crippen LogP contribution in [0, 0.1) is 11.3 Å². The van der Waals surface area contributed by atoms with Gasteiger partial charge in [-0.1, -0.05) is 24.3 Å². The number of benzene rings is 2. The predicted octanol–water partition coefficient (Wildman–Crippen LogP) is 3.85. The normalized spacial score (nSPS) is 17.8. The number of nitrogens with zero attached hydrogens (tertiary/aromatic N) is 5. The lowest BCUT2D eigenvalue weighted by atomic mass is 10.1. The van der Waals surface area contributed by atoms with Crippen molar-refractivity contribution in [2.75, 3.05) is 36.1 Å². The summed E-state index contributed by atoms with van der Waals surface area (Å²) in [5.41, 5.74) is 4.50. The van der Waals surface area contributed by atoms with E-state index in [2.05, 4.69) is 39.1 Å². The van der Waals surface area contributed by atoms with Crippen molar-refractivity contribution < 1.29 is 4.74 Å². The van der Waals surface area contributed by atoms with E-state index in [1.807, 2.05) is 42.7 Å². The smallest absolute Gasteiger partial charge is 0.162 e. The Kier molecular flexibility index (Phi) is 4.11. The Bertz CT molecular complexity index is 1320. The first-order valence-electron chi connectivity index (χ1n) is 10.4. The number of nitriles is 1. The third kappa shape index (κ3) is 2.84. The van der Waals surface area contributed by atoms with Crippen molar-refractivity contribution in [3.8, 4) is 17.5 Å². The highest BCUT2D eigenvalue weighted by atomic mass is 16.5. The highest BCUT2D eigenvalue weighted by molar-refractivity contribution is 5.94. The lowest BCUT2D eigenvalue weighted by Crippen LogP contribution is -2.54. The summed E-state index contributed by atoms with van der Waals surface area (Å²) < 4.78 is 5.78. The molecule has 7 heteroatoms. The Morgan fingerprint density at radius 1 is 1.10 bits per heavy atom. The van der Waals surface area contributed by atoms with Crippen LogP contribution in [0.1, 0.15) is 5.56 Å². The minimum Gasteiger partial charge on any atom is -0.377 e. The number of ether oxygens (including phenoxy) is 1. The molecule has 1 unspecified atom stereocenters. The van der Waals surface area contributed by atoms with Gasteiger partial charge < -0.3 is 19.5 Å². The zero-order valence-electron chi connectivity index (χ0n) is 16.8. The van der Waals surface area contributed by atoms with Gasteiger partial charge in [-0.15, -0.1) is 0 Å². The molecule has 2 aliphatic rings. The molecule has 0 spiro atoms. The first-order chi connectivity index (χ1) is 15.3. The summed E-state index contributed by atoms with van der Waals surface area (Å²) >= 11 is 0. The Morgan fingerprint density at radius 3 is 2.97 bits per heavy atom. The molecule has 4 aromatic rings. The van der Waals surface area contributed by atoms with E-state index in [0.29, 0.717) is 24.6 Å². The molecule has 0 saturated carbocycles. The Balaban J connectivity index is 1.53. The monoisotopic (exact) mass is 408 g/mol. The second-order valence-corrected chi connectivity index (χ2v) is 7.81. The number of H-pyrrole nitrogens is 1. The zero-order valence-corrected chi connectivity index (χ0v) is 16.8. The van der Waals surface area contributed by atoms with Crippen LogP contribution in [0.15, 0.2) is 60.9 Å². The molecule has 1 saturated heterocycles. The highest BCUT2D eigenvalue weighted by Crippen LogP contribution is 2.41. The first-order valence-corrected chi connectivity index (χ1v) is 10.4. The molecule has 7 nitrogen and oxygen atoms in total. The van der Waals surface area contributed by atoms with Crippen molar-refractivity contribution in [1.29, 1.82) is 5.26 Å². The van der Waals surface area contributed by atoms with E-state index in [1.165, 1.54) is 0 Å². The SMILES string of the molecule is N#Cc1ccccc1N1CC2COCCN2c2nc(-c3cccc4[nH]ccc34)ncc21. The molecule has 1 fully saturated rings. The predicted molar refractivity (Wildman–Crippen MR) is 119 cm³/mol. The van der Waals surface area contributed by atoms with Gasteiger partial charge >= 0.3 is 0 Å². The van der Waals surface area contributed by atoms with Crippen LogP contribution in [0.4, 0.5) is 17.2 Å². The van der Waals surface area contributed by atoms with Gasteiger partial charge in [-0.05, 0) is 24.3 Å². The largest absolute Gasteiger partial charge is 0.377 e. The number of fused-ring (bicyclic) bond motifs is 4. The summed E-state index contributed by atoms with van der Waals surface area (Å²) in [6, 6.07) is 18.3. The maximum Gasteiger partial charge on any atom is 0.162 e. The van der Waals surface area contributed by atoms with Gasteiger partial charge in [-0.25, -0.2) is 9.97 Å². The van der Waals surface area contributed by atoms with Crippen LogP contribution < -0.4 is 9.80 Å². The van der Waals surface area contributed by atoms with E-state index in [1.54, 1.807) is 0 Å². The maximum atomic E-state index is 9.66. The fraction of sp³-hybridized carbons (Fsp3) is 0.208. The number of aromatic nitrogens is 3. The molecule has 0 radical (unpaired) electrons. The summed E-state index contributed by atoms with van der Waals surface area (Å²) in [4.78, 5) is 17.5. The van der Waals surface area contributed by atoms with Crippen molar-refractivity contribution in [2.24, 2.45) is 0 Å². The number of hydrogen-bond acceptors (Lipinski definition) is 6. The van der Waals surface area contributed by atoms with E-state index in [9.17, 15) is 5.26 Å². The van der Waals surface area contributed by atoms with E-state index in [0.717, 1.165) is 46.7 Å². The number of para-hydroxylation sites is 1. The van der Waals surface area contributed by atoms with Crippen LogP contribution in [0.2, 0.25) is 0 Å². The van der Waals surface area contributed by atoms with Crippen LogP contribution >= 0.6 is 0 Å². The summed E-state index contributed by atoms with van der Waals surface area (Å²) in [5, 5.41) is 10.8. The van der Waals surface area contributed by atoms with Gasteiger partial charge in [0.05, 0.1) is 36.7 Å². The number of rotatable bonds is 2. The molecule has 4 heterocycles. The Morgan fingerprint density at radius 2 is 2.03 bits per heavy atom. The van der Waals surface area contributed by atoms with Crippen LogP contribution in [-0.4, -0.2) is 47.3 Å². The van der Waals surface area contributed by atoms with Crippen LogP contribution in [0.3, 0.4) is 0 Å². The lowest BCUT2D eigenvalue weighted by molar-refractivity contribution is 0.0945. The minimum absolute atomic E-state index is 0.166. The molecule has 0 amide bonds. The topological polar surface area (TPSA) is 81.1 Å². The number of hydrogen-bond donors (Lipinski definition) is 1. The Labute approximate surface area is 179 Å². The summed E-state index contributed by atoms with van der Waals surface area (Å²) in [7, 11) is 0. The molecule has 2 aromatic carbocycles. The lowest BCUT2D eigenvalue weighted by Gasteiger charge is -2.45. The molecule has 0 aliphatic carbocycles. The summed E-state index contributed by atoms with van der Waals surface area (Å²) in [6.07, 6.45) is 3.83. The van der Waals surface area contributed by atoms with Crippen molar-refractivity contribution in [2.45, 2.75) is 6.04 Å². The average molecular weight is 408 g/mol. The van der Waals surface area contributed by atoms with Crippen molar-refractivity contribution in [1.82, 2.24) is 15.0 Å². The molecule has 1 N–H and O–H groups in total. The first kappa shape index (κ1) is 17.9. The molecule has 2 aromatic heterocycles. The molecule has 2 aliphatic heterocycles. The number of nitrogens with one attached hydrogen (secondary N) is 1. The van der Waals surface area contributed by atoms with Crippen molar-refractivity contribution in [3.63, 3.8) is 0 Å². The standard InChI is InChI=1S/C24H20N6O/c25-12-16-4-1-2-7-21(16)30-14-17-15-31-11-10-29(17)24-22(30)13-27-23(28-24)19-5-3-6-20-18(19)8-9-26-20/h1-9,13,17,26H,10-11,14-15H2. The van der Waals surface area contributed by atoms with E-state index < -0.39 is 0 Å². The third-order valence-electron chi connectivity index (χ3n) is 6.08. The van der Waals surface area contributed by atoms with E-state index in [4.69, 9.17) is 14.7 Å². The molecule has 6 rings (SSSR count).